The van der Waals surface area contributed by atoms with Crippen molar-refractivity contribution in [2.75, 3.05) is 0 Å². The molecule has 0 saturated heterocycles. The van der Waals surface area contributed by atoms with E-state index in [9.17, 15) is 14.0 Å². The Morgan fingerprint density at radius 2 is 1.27 bits per heavy atom. The highest BCUT2D eigenvalue weighted by molar-refractivity contribution is 5.88. The number of benzene rings is 4. The maximum atomic E-state index is 14.4. The first-order valence-corrected chi connectivity index (χ1v) is 14.5. The zero-order chi connectivity index (χ0) is 28.4. The SMILES string of the molecule is O=C(NC1CCCC1)C(Cc1ccccc1)N(Cc1ccc(F)cc1)C(=O)CC(c1ccccc1)c1ccccc1. The van der Waals surface area contributed by atoms with Crippen LogP contribution in [0, 0.1) is 5.82 Å². The summed E-state index contributed by atoms with van der Waals surface area (Å²) in [6.45, 7) is 0.213. The predicted molar refractivity (Wildman–Crippen MR) is 161 cm³/mol. The van der Waals surface area contributed by atoms with E-state index >= 15 is 0 Å². The summed E-state index contributed by atoms with van der Waals surface area (Å²) < 4.78 is 13.8. The number of nitrogens with zero attached hydrogens (tertiary/aromatic N) is 1. The molecule has 5 rings (SSSR count). The Morgan fingerprint density at radius 3 is 1.83 bits per heavy atom. The molecule has 1 atom stereocenters. The first-order valence-electron chi connectivity index (χ1n) is 14.5. The molecule has 4 aromatic carbocycles. The summed E-state index contributed by atoms with van der Waals surface area (Å²) in [5, 5.41) is 3.25. The van der Waals surface area contributed by atoms with Crippen LogP contribution in [0.3, 0.4) is 0 Å². The van der Waals surface area contributed by atoms with Crippen LogP contribution in [-0.2, 0) is 22.6 Å². The van der Waals surface area contributed by atoms with Gasteiger partial charge in [-0.1, -0.05) is 116 Å². The van der Waals surface area contributed by atoms with E-state index in [1.54, 1.807) is 17.0 Å². The summed E-state index contributed by atoms with van der Waals surface area (Å²) >= 11 is 0. The van der Waals surface area contributed by atoms with Crippen molar-refractivity contribution in [3.63, 3.8) is 0 Å². The molecule has 1 saturated carbocycles. The number of rotatable bonds is 11. The summed E-state index contributed by atoms with van der Waals surface area (Å²) in [6, 6.07) is 35.5. The Bertz CT molecular complexity index is 1350. The average Bonchev–Trinajstić information content (AvgIpc) is 3.53. The maximum Gasteiger partial charge on any atom is 0.243 e. The van der Waals surface area contributed by atoms with Crippen molar-refractivity contribution in [1.29, 1.82) is 0 Å². The van der Waals surface area contributed by atoms with Crippen LogP contribution in [0.4, 0.5) is 4.39 Å². The summed E-state index contributed by atoms with van der Waals surface area (Å²) in [4.78, 5) is 30.1. The van der Waals surface area contributed by atoms with Gasteiger partial charge in [0.1, 0.15) is 11.9 Å². The predicted octanol–water partition coefficient (Wildman–Crippen LogP) is 7.05. The van der Waals surface area contributed by atoms with Gasteiger partial charge in [0.25, 0.3) is 0 Å². The molecule has 4 nitrogen and oxygen atoms in total. The van der Waals surface area contributed by atoms with Crippen molar-refractivity contribution in [2.45, 2.75) is 63.1 Å². The first-order chi connectivity index (χ1) is 20.1. The monoisotopic (exact) mass is 548 g/mol. The number of halogens is 1. The summed E-state index contributed by atoms with van der Waals surface area (Å²) in [5.41, 5.74) is 3.86. The second-order valence-electron chi connectivity index (χ2n) is 10.9. The number of hydrogen-bond acceptors (Lipinski definition) is 2. The molecule has 4 aromatic rings. The van der Waals surface area contributed by atoms with E-state index in [0.29, 0.717) is 6.42 Å². The number of amides is 2. The van der Waals surface area contributed by atoms with Crippen LogP contribution in [-0.4, -0.2) is 28.8 Å². The molecule has 2 amide bonds. The molecule has 41 heavy (non-hydrogen) atoms. The smallest absolute Gasteiger partial charge is 0.243 e. The van der Waals surface area contributed by atoms with E-state index in [0.717, 1.165) is 47.9 Å². The van der Waals surface area contributed by atoms with Crippen molar-refractivity contribution >= 4 is 11.8 Å². The van der Waals surface area contributed by atoms with Gasteiger partial charge in [-0.05, 0) is 47.2 Å². The van der Waals surface area contributed by atoms with Crippen molar-refractivity contribution in [2.24, 2.45) is 0 Å². The number of carbonyl (C=O) groups is 2. The third-order valence-electron chi connectivity index (χ3n) is 8.02. The fraction of sp³-hybridized carbons (Fsp3) is 0.278. The molecule has 1 fully saturated rings. The molecular weight excluding hydrogens is 511 g/mol. The summed E-state index contributed by atoms with van der Waals surface area (Å²) in [6.07, 6.45) is 4.72. The summed E-state index contributed by atoms with van der Waals surface area (Å²) in [5.74, 6) is -0.753. The molecular formula is C36H37FN2O2. The molecule has 1 aliphatic rings. The first kappa shape index (κ1) is 28.3. The van der Waals surface area contributed by atoms with Gasteiger partial charge in [0.05, 0.1) is 0 Å². The number of hydrogen-bond donors (Lipinski definition) is 1. The van der Waals surface area contributed by atoms with Crippen molar-refractivity contribution in [1.82, 2.24) is 10.2 Å². The molecule has 0 radical (unpaired) electrons. The zero-order valence-electron chi connectivity index (χ0n) is 23.3. The quantitative estimate of drug-likeness (QED) is 0.218. The van der Waals surface area contributed by atoms with Gasteiger partial charge >= 0.3 is 0 Å². The summed E-state index contributed by atoms with van der Waals surface area (Å²) in [7, 11) is 0. The van der Waals surface area contributed by atoms with Gasteiger partial charge in [0.2, 0.25) is 11.8 Å². The Kier molecular flexibility index (Phi) is 9.58. The van der Waals surface area contributed by atoms with Crippen LogP contribution in [0.2, 0.25) is 0 Å². The second kappa shape index (κ2) is 13.9. The fourth-order valence-corrected chi connectivity index (χ4v) is 5.80. The molecule has 1 aliphatic carbocycles. The lowest BCUT2D eigenvalue weighted by molar-refractivity contribution is -0.141. The van der Waals surface area contributed by atoms with Gasteiger partial charge in [-0.2, -0.15) is 0 Å². The van der Waals surface area contributed by atoms with E-state index in [-0.39, 0.29) is 42.6 Å². The topological polar surface area (TPSA) is 49.4 Å². The van der Waals surface area contributed by atoms with Crippen LogP contribution in [0.5, 0.6) is 0 Å². The molecule has 0 heterocycles. The Balaban J connectivity index is 1.50. The minimum atomic E-state index is -0.706. The highest BCUT2D eigenvalue weighted by Gasteiger charge is 2.33. The molecule has 210 valence electrons. The third kappa shape index (κ3) is 7.69. The molecule has 0 spiro atoms. The molecule has 0 bridgehead atoms. The molecule has 1 N–H and O–H groups in total. The van der Waals surface area contributed by atoms with E-state index in [2.05, 4.69) is 5.32 Å². The van der Waals surface area contributed by atoms with Gasteiger partial charge in [-0.25, -0.2) is 4.39 Å². The fourth-order valence-electron chi connectivity index (χ4n) is 5.80. The largest absolute Gasteiger partial charge is 0.352 e. The Hall–Kier alpha value is -4.25. The van der Waals surface area contributed by atoms with E-state index in [1.807, 2.05) is 91.0 Å². The van der Waals surface area contributed by atoms with Crippen LogP contribution < -0.4 is 5.32 Å². The maximum absolute atomic E-state index is 14.4. The number of nitrogens with one attached hydrogen (secondary N) is 1. The third-order valence-corrected chi connectivity index (χ3v) is 8.02. The second-order valence-corrected chi connectivity index (χ2v) is 10.9. The van der Waals surface area contributed by atoms with E-state index in [4.69, 9.17) is 0 Å². The minimum absolute atomic E-state index is 0.116. The minimum Gasteiger partial charge on any atom is -0.352 e. The van der Waals surface area contributed by atoms with Crippen LogP contribution in [0.1, 0.15) is 60.3 Å². The lowest BCUT2D eigenvalue weighted by Crippen LogP contribution is -2.52. The van der Waals surface area contributed by atoms with Crippen molar-refractivity contribution in [3.05, 3.63) is 143 Å². The van der Waals surface area contributed by atoms with E-state index in [1.165, 1.54) is 12.1 Å². The normalized spacial score (nSPS) is 14.1. The molecule has 0 aromatic heterocycles. The van der Waals surface area contributed by atoms with Crippen molar-refractivity contribution < 1.29 is 14.0 Å². The molecule has 0 aliphatic heterocycles. The lowest BCUT2D eigenvalue weighted by Gasteiger charge is -2.33. The highest BCUT2D eigenvalue weighted by atomic mass is 19.1. The van der Waals surface area contributed by atoms with Crippen LogP contribution in [0.15, 0.2) is 115 Å². The van der Waals surface area contributed by atoms with Gasteiger partial charge in [-0.15, -0.1) is 0 Å². The Labute approximate surface area is 242 Å². The van der Waals surface area contributed by atoms with Crippen molar-refractivity contribution in [3.8, 4) is 0 Å². The standard InChI is InChI=1S/C36H37FN2O2/c37-31-22-20-28(21-23-31)26-39(34(24-27-12-4-1-5-13-27)36(41)38-32-18-10-11-19-32)35(40)25-33(29-14-6-2-7-15-29)30-16-8-3-9-17-30/h1-9,12-17,20-23,32-34H,10-11,18-19,24-26H2,(H,38,41). The zero-order valence-corrected chi connectivity index (χ0v) is 23.3. The molecule has 5 heteroatoms. The van der Waals surface area contributed by atoms with Gasteiger partial charge in [-0.3, -0.25) is 9.59 Å². The van der Waals surface area contributed by atoms with Gasteiger partial charge < -0.3 is 10.2 Å². The highest BCUT2D eigenvalue weighted by Crippen LogP contribution is 2.30. The van der Waals surface area contributed by atoms with Crippen LogP contribution >= 0.6 is 0 Å². The molecule has 1 unspecified atom stereocenters. The number of carbonyl (C=O) groups excluding carboxylic acids is 2. The van der Waals surface area contributed by atoms with Gasteiger partial charge in [0, 0.05) is 31.3 Å². The average molecular weight is 549 g/mol. The van der Waals surface area contributed by atoms with Gasteiger partial charge in [0.15, 0.2) is 0 Å². The van der Waals surface area contributed by atoms with Crippen LogP contribution in [0.25, 0.3) is 0 Å². The Morgan fingerprint density at radius 1 is 0.732 bits per heavy atom. The van der Waals surface area contributed by atoms with E-state index < -0.39 is 6.04 Å². The lowest BCUT2D eigenvalue weighted by atomic mass is 9.87.